The third-order valence-corrected chi connectivity index (χ3v) is 4.27. The molecule has 0 saturated carbocycles. The van der Waals surface area contributed by atoms with Crippen molar-refractivity contribution in [3.05, 3.63) is 82.9 Å². The van der Waals surface area contributed by atoms with Crippen molar-refractivity contribution in [1.29, 1.82) is 0 Å². The van der Waals surface area contributed by atoms with Crippen LogP contribution < -0.4 is 10.2 Å². The molecule has 1 aliphatic rings. The summed E-state index contributed by atoms with van der Waals surface area (Å²) < 4.78 is 0. The van der Waals surface area contributed by atoms with Gasteiger partial charge in [-0.05, 0) is 48.3 Å². The predicted molar refractivity (Wildman–Crippen MR) is 105 cm³/mol. The third-order valence-electron chi connectivity index (χ3n) is 4.27. The number of aryl methyl sites for hydroxylation is 1. The fourth-order valence-corrected chi connectivity index (χ4v) is 2.85. The van der Waals surface area contributed by atoms with Gasteiger partial charge in [0.25, 0.3) is 11.8 Å². The summed E-state index contributed by atoms with van der Waals surface area (Å²) in [6, 6.07) is 16.0. The van der Waals surface area contributed by atoms with Gasteiger partial charge in [0, 0.05) is 0 Å². The number of urea groups is 1. The van der Waals surface area contributed by atoms with E-state index in [1.54, 1.807) is 19.1 Å². The van der Waals surface area contributed by atoms with Crippen LogP contribution in [0.1, 0.15) is 25.0 Å². The van der Waals surface area contributed by atoms with Crippen LogP contribution in [0, 0.1) is 0 Å². The highest BCUT2D eigenvalue weighted by Crippen LogP contribution is 2.22. The van der Waals surface area contributed by atoms with E-state index in [4.69, 9.17) is 0 Å². The molecule has 0 spiro atoms. The smallest absolute Gasteiger partial charge is 0.273 e. The van der Waals surface area contributed by atoms with Gasteiger partial charge in [0.05, 0.1) is 5.69 Å². The molecule has 5 heteroatoms. The number of imide groups is 2. The molecule has 0 unspecified atom stereocenters. The molecule has 3 rings (SSSR count). The highest BCUT2D eigenvalue weighted by atomic mass is 16.2. The Morgan fingerprint density at radius 3 is 2.30 bits per heavy atom. The van der Waals surface area contributed by atoms with Gasteiger partial charge in [0.15, 0.2) is 0 Å². The lowest BCUT2D eigenvalue weighted by Gasteiger charge is -2.26. The Kier molecular flexibility index (Phi) is 5.31. The molecule has 0 aliphatic carbocycles. The molecule has 2 aromatic rings. The highest BCUT2D eigenvalue weighted by molar-refractivity contribution is 6.37. The van der Waals surface area contributed by atoms with Crippen molar-refractivity contribution >= 4 is 29.6 Å². The summed E-state index contributed by atoms with van der Waals surface area (Å²) in [6.07, 6.45) is 4.22. The minimum atomic E-state index is -0.740. The van der Waals surface area contributed by atoms with Crippen LogP contribution in [0.5, 0.6) is 0 Å². The lowest BCUT2D eigenvalue weighted by molar-refractivity contribution is -0.122. The van der Waals surface area contributed by atoms with Gasteiger partial charge in [0.1, 0.15) is 5.57 Å². The summed E-state index contributed by atoms with van der Waals surface area (Å²) in [5, 5.41) is 2.24. The molecule has 0 atom stereocenters. The van der Waals surface area contributed by atoms with Crippen molar-refractivity contribution in [2.45, 2.75) is 20.3 Å². The Labute approximate surface area is 158 Å². The molecule has 4 amide bonds. The van der Waals surface area contributed by atoms with Crippen LogP contribution in [0.4, 0.5) is 10.5 Å². The van der Waals surface area contributed by atoms with Crippen molar-refractivity contribution < 1.29 is 14.4 Å². The van der Waals surface area contributed by atoms with Gasteiger partial charge >= 0.3 is 6.03 Å². The van der Waals surface area contributed by atoms with Gasteiger partial charge in [-0.3, -0.25) is 14.9 Å². The van der Waals surface area contributed by atoms with Gasteiger partial charge in [-0.1, -0.05) is 55.5 Å². The molecule has 1 aliphatic heterocycles. The van der Waals surface area contributed by atoms with Crippen molar-refractivity contribution in [3.63, 3.8) is 0 Å². The number of nitrogens with zero attached hydrogens (tertiary/aromatic N) is 1. The Hall–Kier alpha value is -3.47. The van der Waals surface area contributed by atoms with Gasteiger partial charge in [-0.2, -0.15) is 0 Å². The zero-order valence-corrected chi connectivity index (χ0v) is 15.2. The Morgan fingerprint density at radius 2 is 1.67 bits per heavy atom. The summed E-state index contributed by atoms with van der Waals surface area (Å²) in [6.45, 7) is 3.83. The number of allylic oxidation sites excluding steroid dienone is 2. The minimum absolute atomic E-state index is 0.0705. The van der Waals surface area contributed by atoms with Crippen LogP contribution in [-0.4, -0.2) is 17.8 Å². The van der Waals surface area contributed by atoms with Crippen LogP contribution in [0.2, 0.25) is 0 Å². The third kappa shape index (κ3) is 4.03. The highest BCUT2D eigenvalue weighted by Gasteiger charge is 2.36. The van der Waals surface area contributed by atoms with Gasteiger partial charge in [0.2, 0.25) is 0 Å². The number of carbonyl (C=O) groups excluding carboxylic acids is 3. The topological polar surface area (TPSA) is 66.5 Å². The number of amides is 4. The first-order valence-electron chi connectivity index (χ1n) is 8.73. The number of hydrogen-bond donors (Lipinski definition) is 1. The second-order valence-corrected chi connectivity index (χ2v) is 6.28. The molecule has 0 bridgehead atoms. The van der Waals surface area contributed by atoms with Crippen molar-refractivity contribution in [2.75, 3.05) is 4.90 Å². The first kappa shape index (κ1) is 18.3. The van der Waals surface area contributed by atoms with Gasteiger partial charge < -0.3 is 0 Å². The van der Waals surface area contributed by atoms with E-state index >= 15 is 0 Å². The number of carbonyl (C=O) groups is 3. The SMILES string of the molecule is CCc1ccc(N2C(=O)NC(=O)C(=CC(C)=Cc3ccccc3)C2=O)cc1. The molecule has 1 saturated heterocycles. The van der Waals surface area contributed by atoms with Crippen molar-refractivity contribution in [3.8, 4) is 0 Å². The van der Waals surface area contributed by atoms with E-state index in [1.165, 1.54) is 6.08 Å². The average molecular weight is 360 g/mol. The average Bonchev–Trinajstić information content (AvgIpc) is 2.66. The number of rotatable bonds is 4. The lowest BCUT2D eigenvalue weighted by atomic mass is 10.1. The Balaban J connectivity index is 1.93. The molecule has 136 valence electrons. The fraction of sp³-hybridized carbons (Fsp3) is 0.136. The molecule has 5 nitrogen and oxygen atoms in total. The molecule has 2 aromatic carbocycles. The maximum atomic E-state index is 12.8. The normalized spacial score (nSPS) is 16.7. The number of anilines is 1. The second-order valence-electron chi connectivity index (χ2n) is 6.28. The Bertz CT molecular complexity index is 941. The summed E-state index contributed by atoms with van der Waals surface area (Å²) in [5.74, 6) is -1.32. The van der Waals surface area contributed by atoms with E-state index < -0.39 is 17.8 Å². The second kappa shape index (κ2) is 7.83. The molecule has 27 heavy (non-hydrogen) atoms. The first-order valence-corrected chi connectivity index (χ1v) is 8.73. The maximum Gasteiger partial charge on any atom is 0.335 e. The van der Waals surface area contributed by atoms with Crippen LogP contribution >= 0.6 is 0 Å². The molecule has 0 aromatic heterocycles. The quantitative estimate of drug-likeness (QED) is 0.665. The zero-order chi connectivity index (χ0) is 19.4. The first-order chi connectivity index (χ1) is 13.0. The standard InChI is InChI=1S/C22H20N2O3/c1-3-16-9-11-18(12-10-16)24-21(26)19(20(25)23-22(24)27)14-15(2)13-17-7-5-4-6-8-17/h4-14H,3H2,1-2H3,(H,23,25,27). The number of barbiturate groups is 1. The van der Waals surface area contributed by atoms with Crippen molar-refractivity contribution in [2.24, 2.45) is 0 Å². The number of hydrogen-bond acceptors (Lipinski definition) is 3. The zero-order valence-electron chi connectivity index (χ0n) is 15.2. The molecule has 1 heterocycles. The maximum absolute atomic E-state index is 12.8. The molecular weight excluding hydrogens is 340 g/mol. The molecular formula is C22H20N2O3. The van der Waals surface area contributed by atoms with Gasteiger partial charge in [-0.15, -0.1) is 0 Å². The van der Waals surface area contributed by atoms with E-state index in [0.717, 1.165) is 28.0 Å². The van der Waals surface area contributed by atoms with Crippen LogP contribution in [0.15, 0.2) is 71.8 Å². The van der Waals surface area contributed by atoms with Crippen LogP contribution in [-0.2, 0) is 16.0 Å². The lowest BCUT2D eigenvalue weighted by Crippen LogP contribution is -2.54. The number of benzene rings is 2. The summed E-state index contributed by atoms with van der Waals surface area (Å²) >= 11 is 0. The van der Waals surface area contributed by atoms with E-state index in [9.17, 15) is 14.4 Å². The fourth-order valence-electron chi connectivity index (χ4n) is 2.85. The van der Waals surface area contributed by atoms with Crippen LogP contribution in [0.3, 0.4) is 0 Å². The molecule has 0 radical (unpaired) electrons. The number of nitrogens with one attached hydrogen (secondary N) is 1. The predicted octanol–water partition coefficient (Wildman–Crippen LogP) is 3.86. The summed E-state index contributed by atoms with van der Waals surface area (Å²) in [5.41, 5.74) is 3.14. The monoisotopic (exact) mass is 360 g/mol. The summed E-state index contributed by atoms with van der Waals surface area (Å²) in [7, 11) is 0. The van der Waals surface area contributed by atoms with E-state index in [1.807, 2.05) is 55.5 Å². The van der Waals surface area contributed by atoms with Crippen LogP contribution in [0.25, 0.3) is 6.08 Å². The van der Waals surface area contributed by atoms with E-state index in [0.29, 0.717) is 5.69 Å². The largest absolute Gasteiger partial charge is 0.335 e. The summed E-state index contributed by atoms with van der Waals surface area (Å²) in [4.78, 5) is 38.3. The van der Waals surface area contributed by atoms with Crippen molar-refractivity contribution in [1.82, 2.24) is 5.32 Å². The van der Waals surface area contributed by atoms with Gasteiger partial charge in [-0.25, -0.2) is 9.69 Å². The minimum Gasteiger partial charge on any atom is -0.273 e. The van der Waals surface area contributed by atoms with E-state index in [2.05, 4.69) is 5.32 Å². The van der Waals surface area contributed by atoms with E-state index in [-0.39, 0.29) is 5.57 Å². The molecule has 1 N–H and O–H groups in total. The molecule has 1 fully saturated rings. The Morgan fingerprint density at radius 1 is 1.00 bits per heavy atom.